The molecular weight excluding hydrogens is 601 g/mol. The quantitative estimate of drug-likeness (QED) is 0.131. The summed E-state index contributed by atoms with van der Waals surface area (Å²) in [5.74, 6) is 2.04. The topological polar surface area (TPSA) is 46.5 Å². The van der Waals surface area contributed by atoms with Gasteiger partial charge in [-0.05, 0) is 141 Å². The molecule has 0 aliphatic heterocycles. The third-order valence-electron chi connectivity index (χ3n) is 16.8. The molecule has 0 heterocycles. The largest absolute Gasteiger partial charge is 0.481 e. The van der Waals surface area contributed by atoms with Gasteiger partial charge in [0.1, 0.15) is 0 Å². The van der Waals surface area contributed by atoms with Crippen molar-refractivity contribution in [1.82, 2.24) is 0 Å². The summed E-state index contributed by atoms with van der Waals surface area (Å²) in [6.07, 6.45) is 33.7. The van der Waals surface area contributed by atoms with Crippen LogP contribution in [0.25, 0.3) is 0 Å². The maximum absolute atomic E-state index is 13.0. The second-order valence-electron chi connectivity index (χ2n) is 19.6. The molecule has 4 fully saturated rings. The summed E-state index contributed by atoms with van der Waals surface area (Å²) in [6, 6.07) is 0. The lowest BCUT2D eigenvalue weighted by Crippen LogP contribution is -2.65. The molecule has 10 atom stereocenters. The third-order valence-corrected chi connectivity index (χ3v) is 16.8. The molecule has 0 spiro atoms. The SMILES string of the molecule is CCCCCC/C=C\CCCCCCCCO[C@H]1CC[C@@]2(C)C(CC[C@]3(C)[C@@H]2CC=C2[C@@H]4[C@@H](C)[C@H](C)CC[C@]4(C(=O)O)CC[C@]23C)C1(C)C. The van der Waals surface area contributed by atoms with Crippen LogP contribution in [-0.2, 0) is 9.53 Å². The standard InChI is InChI=1S/C46H78O3/c1-9-10-11-12-13-14-15-16-17-18-19-20-21-22-33-49-39-27-28-43(6)37(42(39,4)5)26-29-45(8)38(43)24-23-36-40-35(3)34(2)25-30-46(40,41(47)48)32-31-44(36,45)7/h14-15,23,34-35,37-40H,9-13,16-22,24-33H2,1-8H3,(H,47,48)/b15-14-/t34-,35+,37?,38-,39+,40+,43+,44-,45-,46+/m1/s1. The monoisotopic (exact) mass is 679 g/mol. The minimum absolute atomic E-state index is 0.0981. The van der Waals surface area contributed by atoms with Crippen LogP contribution in [0.3, 0.4) is 0 Å². The molecule has 0 radical (unpaired) electrons. The Morgan fingerprint density at radius 2 is 1.45 bits per heavy atom. The molecule has 4 saturated carbocycles. The van der Waals surface area contributed by atoms with Crippen LogP contribution in [-0.4, -0.2) is 23.8 Å². The molecule has 5 rings (SSSR count). The first-order valence-corrected chi connectivity index (χ1v) is 21.5. The van der Waals surface area contributed by atoms with Gasteiger partial charge in [-0.1, -0.05) is 124 Å². The zero-order valence-corrected chi connectivity index (χ0v) is 33.5. The molecule has 0 saturated heterocycles. The summed E-state index contributed by atoms with van der Waals surface area (Å²) in [6.45, 7) is 21.0. The van der Waals surface area contributed by atoms with E-state index in [1.54, 1.807) is 5.57 Å². The molecule has 0 aromatic rings. The van der Waals surface area contributed by atoms with Crippen molar-refractivity contribution < 1.29 is 14.6 Å². The number of allylic oxidation sites excluding steroid dienone is 4. The maximum atomic E-state index is 13.0. The lowest BCUT2D eigenvalue weighted by atomic mass is 9.33. The zero-order chi connectivity index (χ0) is 35.5. The molecule has 1 N–H and O–H groups in total. The van der Waals surface area contributed by atoms with Crippen LogP contribution in [0.4, 0.5) is 0 Å². The third kappa shape index (κ3) is 7.17. The number of carboxylic acid groups (broad SMARTS) is 1. The highest BCUT2D eigenvalue weighted by molar-refractivity contribution is 5.76. The van der Waals surface area contributed by atoms with E-state index in [1.165, 1.54) is 103 Å². The molecule has 5 aliphatic carbocycles. The van der Waals surface area contributed by atoms with Gasteiger partial charge in [0.15, 0.2) is 0 Å². The average Bonchev–Trinajstić information content (AvgIpc) is 3.05. The van der Waals surface area contributed by atoms with E-state index in [0.29, 0.717) is 35.2 Å². The Balaban J connectivity index is 1.14. The van der Waals surface area contributed by atoms with Gasteiger partial charge >= 0.3 is 5.97 Å². The fourth-order valence-corrected chi connectivity index (χ4v) is 13.4. The first-order chi connectivity index (χ1) is 23.3. The normalized spacial score (nSPS) is 41.3. The van der Waals surface area contributed by atoms with E-state index in [1.807, 2.05) is 0 Å². The molecule has 0 aromatic heterocycles. The number of fused-ring (bicyclic) bond motifs is 7. The van der Waals surface area contributed by atoms with Crippen LogP contribution < -0.4 is 0 Å². The van der Waals surface area contributed by atoms with Gasteiger partial charge in [-0.25, -0.2) is 0 Å². The zero-order valence-electron chi connectivity index (χ0n) is 33.5. The minimum atomic E-state index is -0.552. The number of ether oxygens (including phenoxy) is 1. The van der Waals surface area contributed by atoms with Crippen molar-refractivity contribution in [2.75, 3.05) is 6.61 Å². The van der Waals surface area contributed by atoms with Crippen molar-refractivity contribution in [3.63, 3.8) is 0 Å². The summed E-state index contributed by atoms with van der Waals surface area (Å²) >= 11 is 0. The lowest BCUT2D eigenvalue weighted by molar-refractivity contribution is -0.213. The number of hydrogen-bond donors (Lipinski definition) is 1. The van der Waals surface area contributed by atoms with E-state index >= 15 is 0 Å². The van der Waals surface area contributed by atoms with Gasteiger partial charge in [-0.15, -0.1) is 0 Å². The first-order valence-electron chi connectivity index (χ1n) is 21.5. The van der Waals surface area contributed by atoms with Crippen LogP contribution in [0, 0.1) is 56.7 Å². The molecule has 3 heteroatoms. The molecule has 0 bridgehead atoms. The van der Waals surface area contributed by atoms with E-state index in [2.05, 4.69) is 73.6 Å². The summed E-state index contributed by atoms with van der Waals surface area (Å²) in [4.78, 5) is 13.0. The Labute approximate surface area is 303 Å². The fourth-order valence-electron chi connectivity index (χ4n) is 13.4. The van der Waals surface area contributed by atoms with Gasteiger partial charge in [0.2, 0.25) is 0 Å². The van der Waals surface area contributed by atoms with E-state index in [-0.39, 0.29) is 22.2 Å². The predicted molar refractivity (Wildman–Crippen MR) is 207 cm³/mol. The molecule has 3 nitrogen and oxygen atoms in total. The van der Waals surface area contributed by atoms with Crippen LogP contribution in [0.1, 0.15) is 190 Å². The Hall–Kier alpha value is -1.09. The highest BCUT2D eigenvalue weighted by atomic mass is 16.5. The molecule has 0 aromatic carbocycles. The lowest BCUT2D eigenvalue weighted by Gasteiger charge is -2.71. The van der Waals surface area contributed by atoms with Crippen molar-refractivity contribution in [3.8, 4) is 0 Å². The Kier molecular flexibility index (Phi) is 12.7. The minimum Gasteiger partial charge on any atom is -0.481 e. The number of carbonyl (C=O) groups is 1. The fraction of sp³-hybridized carbons (Fsp3) is 0.891. The molecule has 0 amide bonds. The average molecular weight is 679 g/mol. The van der Waals surface area contributed by atoms with E-state index < -0.39 is 11.4 Å². The van der Waals surface area contributed by atoms with Gasteiger partial charge in [-0.2, -0.15) is 0 Å². The van der Waals surface area contributed by atoms with Crippen molar-refractivity contribution in [2.24, 2.45) is 56.7 Å². The van der Waals surface area contributed by atoms with E-state index in [9.17, 15) is 9.90 Å². The number of carboxylic acids is 1. The molecule has 5 aliphatic rings. The smallest absolute Gasteiger partial charge is 0.310 e. The number of rotatable bonds is 16. The second kappa shape index (κ2) is 15.9. The summed E-state index contributed by atoms with van der Waals surface area (Å²) < 4.78 is 6.80. The van der Waals surface area contributed by atoms with Crippen molar-refractivity contribution in [2.45, 2.75) is 196 Å². The van der Waals surface area contributed by atoms with Crippen molar-refractivity contribution in [1.29, 1.82) is 0 Å². The summed E-state index contributed by atoms with van der Waals surface area (Å²) in [5, 5.41) is 10.7. The predicted octanol–water partition coefficient (Wildman–Crippen LogP) is 13.4. The van der Waals surface area contributed by atoms with Crippen LogP contribution in [0.15, 0.2) is 23.8 Å². The maximum Gasteiger partial charge on any atom is 0.310 e. The van der Waals surface area contributed by atoms with E-state index in [4.69, 9.17) is 4.74 Å². The number of unbranched alkanes of at least 4 members (excludes halogenated alkanes) is 10. The van der Waals surface area contributed by atoms with Crippen LogP contribution >= 0.6 is 0 Å². The highest BCUT2D eigenvalue weighted by Gasteiger charge is 2.69. The molecule has 1 unspecified atom stereocenters. The second-order valence-corrected chi connectivity index (χ2v) is 19.6. The van der Waals surface area contributed by atoms with Gasteiger partial charge in [0.25, 0.3) is 0 Å². The van der Waals surface area contributed by atoms with Crippen LogP contribution in [0.2, 0.25) is 0 Å². The van der Waals surface area contributed by atoms with Gasteiger partial charge < -0.3 is 9.84 Å². The van der Waals surface area contributed by atoms with Crippen LogP contribution in [0.5, 0.6) is 0 Å². The van der Waals surface area contributed by atoms with Crippen molar-refractivity contribution >= 4 is 5.97 Å². The number of aliphatic carboxylic acids is 1. The molecule has 280 valence electrons. The van der Waals surface area contributed by atoms with Gasteiger partial charge in [-0.3, -0.25) is 4.79 Å². The van der Waals surface area contributed by atoms with E-state index in [0.717, 1.165) is 38.7 Å². The van der Waals surface area contributed by atoms with Gasteiger partial charge in [0.05, 0.1) is 11.5 Å². The Bertz CT molecular complexity index is 1170. The first kappa shape index (κ1) is 39.1. The number of hydrogen-bond acceptors (Lipinski definition) is 2. The Morgan fingerprint density at radius 1 is 0.796 bits per heavy atom. The summed E-state index contributed by atoms with van der Waals surface area (Å²) in [5.41, 5.74) is 1.81. The van der Waals surface area contributed by atoms with Crippen molar-refractivity contribution in [3.05, 3.63) is 23.8 Å². The molecular formula is C46H78O3. The Morgan fingerprint density at radius 3 is 2.12 bits per heavy atom. The summed E-state index contributed by atoms with van der Waals surface area (Å²) in [7, 11) is 0. The highest BCUT2D eigenvalue weighted by Crippen LogP contribution is 2.75. The molecule has 49 heavy (non-hydrogen) atoms. The van der Waals surface area contributed by atoms with Gasteiger partial charge in [0, 0.05) is 6.61 Å².